The molecule has 0 unspecified atom stereocenters. The summed E-state index contributed by atoms with van der Waals surface area (Å²) in [6, 6.07) is 11.0. The number of amides is 1. The van der Waals surface area contributed by atoms with Crippen molar-refractivity contribution < 1.29 is 14.7 Å². The average Bonchev–Trinajstić information content (AvgIpc) is 3.06. The highest BCUT2D eigenvalue weighted by molar-refractivity contribution is 7.14. The van der Waals surface area contributed by atoms with E-state index in [-0.39, 0.29) is 30.3 Å². The van der Waals surface area contributed by atoms with Gasteiger partial charge < -0.3 is 14.9 Å². The van der Waals surface area contributed by atoms with E-state index in [1.54, 1.807) is 12.1 Å². The van der Waals surface area contributed by atoms with Gasteiger partial charge in [0, 0.05) is 43.9 Å². The van der Waals surface area contributed by atoms with Gasteiger partial charge in [0.2, 0.25) is 5.91 Å². The number of benzene rings is 1. The summed E-state index contributed by atoms with van der Waals surface area (Å²) in [6.45, 7) is 4.55. The maximum Gasteiger partial charge on any atom is 0.223 e. The van der Waals surface area contributed by atoms with Crippen molar-refractivity contribution in [3.63, 3.8) is 0 Å². The summed E-state index contributed by atoms with van der Waals surface area (Å²) in [7, 11) is 0. The Morgan fingerprint density at radius 1 is 1.04 bits per heavy atom. The lowest BCUT2D eigenvalue weighted by Crippen LogP contribution is -2.48. The standard InChI is InChI=1S/C19H22N2O3S/c1-14-6-8-18(25-14)17(23)7-9-19(24)21-12-10-20(11-13-21)15-4-2-3-5-16(15)22/h2-6,8,22H,7,9-13H2,1H3. The molecule has 1 aromatic heterocycles. The van der Waals surface area contributed by atoms with E-state index in [0.717, 1.165) is 15.4 Å². The molecule has 1 N–H and O–H groups in total. The van der Waals surface area contributed by atoms with E-state index < -0.39 is 0 Å². The zero-order chi connectivity index (χ0) is 17.8. The number of para-hydroxylation sites is 2. The molecule has 132 valence electrons. The number of phenols is 1. The highest BCUT2D eigenvalue weighted by Crippen LogP contribution is 2.27. The first-order chi connectivity index (χ1) is 12.0. The molecule has 0 radical (unpaired) electrons. The minimum absolute atomic E-state index is 0.0264. The molecule has 1 aromatic carbocycles. The van der Waals surface area contributed by atoms with Crippen LogP contribution in [0.25, 0.3) is 0 Å². The van der Waals surface area contributed by atoms with Crippen LogP contribution in [0.4, 0.5) is 5.69 Å². The van der Waals surface area contributed by atoms with Crippen molar-refractivity contribution in [3.05, 3.63) is 46.2 Å². The number of hydrogen-bond acceptors (Lipinski definition) is 5. The van der Waals surface area contributed by atoms with Crippen LogP contribution in [0, 0.1) is 6.92 Å². The van der Waals surface area contributed by atoms with Crippen molar-refractivity contribution in [2.45, 2.75) is 19.8 Å². The molecule has 25 heavy (non-hydrogen) atoms. The van der Waals surface area contributed by atoms with Crippen molar-refractivity contribution >= 4 is 28.7 Å². The fourth-order valence-electron chi connectivity index (χ4n) is 3.01. The number of carbonyl (C=O) groups excluding carboxylic acids is 2. The van der Waals surface area contributed by atoms with Crippen LogP contribution in [0.2, 0.25) is 0 Å². The van der Waals surface area contributed by atoms with Crippen LogP contribution < -0.4 is 4.90 Å². The Morgan fingerprint density at radius 2 is 1.76 bits per heavy atom. The molecule has 6 heteroatoms. The van der Waals surface area contributed by atoms with Gasteiger partial charge >= 0.3 is 0 Å². The number of Topliss-reactive ketones (excluding diaryl/α,β-unsaturated/α-hetero) is 1. The Bertz CT molecular complexity index is 764. The number of piperazine rings is 1. The molecule has 1 fully saturated rings. The predicted octanol–water partition coefficient (Wildman–Crippen LogP) is 3.07. The molecule has 2 heterocycles. The molecule has 0 saturated carbocycles. The van der Waals surface area contributed by atoms with Gasteiger partial charge in [-0.1, -0.05) is 12.1 Å². The molecule has 0 spiro atoms. The lowest BCUT2D eigenvalue weighted by molar-refractivity contribution is -0.131. The summed E-state index contributed by atoms with van der Waals surface area (Å²) < 4.78 is 0. The number of aromatic hydroxyl groups is 1. The van der Waals surface area contributed by atoms with E-state index in [0.29, 0.717) is 26.2 Å². The van der Waals surface area contributed by atoms with E-state index in [4.69, 9.17) is 0 Å². The Morgan fingerprint density at radius 3 is 2.40 bits per heavy atom. The number of hydrogen-bond donors (Lipinski definition) is 1. The second-order valence-electron chi connectivity index (χ2n) is 6.19. The third-order valence-corrected chi connectivity index (χ3v) is 5.48. The maximum atomic E-state index is 12.4. The van der Waals surface area contributed by atoms with Crippen LogP contribution in [0.15, 0.2) is 36.4 Å². The van der Waals surface area contributed by atoms with Crippen LogP contribution in [0.1, 0.15) is 27.4 Å². The predicted molar refractivity (Wildman–Crippen MR) is 99.5 cm³/mol. The second kappa shape index (κ2) is 7.70. The summed E-state index contributed by atoms with van der Waals surface area (Å²) in [4.78, 5) is 30.2. The summed E-state index contributed by atoms with van der Waals surface area (Å²) in [5.41, 5.74) is 0.804. The van der Waals surface area contributed by atoms with Crippen LogP contribution in [-0.2, 0) is 4.79 Å². The minimum Gasteiger partial charge on any atom is -0.506 e. The van der Waals surface area contributed by atoms with E-state index in [1.165, 1.54) is 11.3 Å². The van der Waals surface area contributed by atoms with Crippen molar-refractivity contribution in [3.8, 4) is 5.75 Å². The molecule has 2 aromatic rings. The smallest absolute Gasteiger partial charge is 0.223 e. The van der Waals surface area contributed by atoms with E-state index in [2.05, 4.69) is 4.90 Å². The van der Waals surface area contributed by atoms with Gasteiger partial charge in [0.25, 0.3) is 0 Å². The molecular formula is C19H22N2O3S. The normalized spacial score (nSPS) is 14.6. The van der Waals surface area contributed by atoms with Gasteiger partial charge in [-0.05, 0) is 31.2 Å². The molecule has 3 rings (SSSR count). The fourth-order valence-corrected chi connectivity index (χ4v) is 3.85. The Balaban J connectivity index is 1.48. The van der Waals surface area contributed by atoms with E-state index in [9.17, 15) is 14.7 Å². The zero-order valence-corrected chi connectivity index (χ0v) is 15.1. The highest BCUT2D eigenvalue weighted by atomic mass is 32.1. The van der Waals surface area contributed by atoms with Crippen LogP contribution >= 0.6 is 11.3 Å². The SMILES string of the molecule is Cc1ccc(C(=O)CCC(=O)N2CCN(c3ccccc3O)CC2)s1. The van der Waals surface area contributed by atoms with Gasteiger partial charge in [-0.2, -0.15) is 0 Å². The summed E-state index contributed by atoms with van der Waals surface area (Å²) in [5.74, 6) is 0.331. The van der Waals surface area contributed by atoms with Crippen molar-refractivity contribution in [1.29, 1.82) is 0 Å². The quantitative estimate of drug-likeness (QED) is 0.835. The van der Waals surface area contributed by atoms with Gasteiger partial charge in [0.05, 0.1) is 10.6 Å². The topological polar surface area (TPSA) is 60.9 Å². The van der Waals surface area contributed by atoms with Gasteiger partial charge in [-0.3, -0.25) is 9.59 Å². The molecule has 1 aliphatic heterocycles. The zero-order valence-electron chi connectivity index (χ0n) is 14.3. The number of thiophene rings is 1. The number of phenolic OH excluding ortho intramolecular Hbond substituents is 1. The third-order valence-electron chi connectivity index (χ3n) is 4.44. The molecule has 1 saturated heterocycles. The first kappa shape index (κ1) is 17.5. The Kier molecular flexibility index (Phi) is 5.38. The van der Waals surface area contributed by atoms with Crippen molar-refractivity contribution in [2.75, 3.05) is 31.1 Å². The van der Waals surface area contributed by atoms with Gasteiger partial charge in [-0.15, -0.1) is 11.3 Å². The van der Waals surface area contributed by atoms with Crippen LogP contribution in [0.3, 0.4) is 0 Å². The van der Waals surface area contributed by atoms with Gasteiger partial charge in [0.15, 0.2) is 5.78 Å². The third kappa shape index (κ3) is 4.20. The van der Waals surface area contributed by atoms with E-state index >= 15 is 0 Å². The summed E-state index contributed by atoms with van der Waals surface area (Å²) in [6.07, 6.45) is 0.519. The monoisotopic (exact) mass is 358 g/mol. The molecule has 0 atom stereocenters. The molecule has 1 aliphatic rings. The molecule has 1 amide bonds. The van der Waals surface area contributed by atoms with Crippen LogP contribution in [-0.4, -0.2) is 47.9 Å². The van der Waals surface area contributed by atoms with Gasteiger partial charge in [-0.25, -0.2) is 0 Å². The average molecular weight is 358 g/mol. The molecule has 0 bridgehead atoms. The number of rotatable bonds is 5. The number of nitrogens with zero attached hydrogens (tertiary/aromatic N) is 2. The molecule has 5 nitrogen and oxygen atoms in total. The van der Waals surface area contributed by atoms with Crippen molar-refractivity contribution in [1.82, 2.24) is 4.90 Å². The summed E-state index contributed by atoms with van der Waals surface area (Å²) in [5, 5.41) is 9.93. The minimum atomic E-state index is 0.0264. The highest BCUT2D eigenvalue weighted by Gasteiger charge is 2.23. The fraction of sp³-hybridized carbons (Fsp3) is 0.368. The van der Waals surface area contributed by atoms with Crippen LogP contribution in [0.5, 0.6) is 5.75 Å². The molecular weight excluding hydrogens is 336 g/mol. The lowest BCUT2D eigenvalue weighted by atomic mass is 10.1. The van der Waals surface area contributed by atoms with E-state index in [1.807, 2.05) is 36.1 Å². The first-order valence-corrected chi connectivity index (χ1v) is 9.26. The summed E-state index contributed by atoms with van der Waals surface area (Å²) >= 11 is 1.48. The first-order valence-electron chi connectivity index (χ1n) is 8.45. The number of anilines is 1. The number of ketones is 1. The number of aryl methyl sites for hydroxylation is 1. The second-order valence-corrected chi connectivity index (χ2v) is 7.48. The lowest BCUT2D eigenvalue weighted by Gasteiger charge is -2.36. The molecule has 0 aliphatic carbocycles. The van der Waals surface area contributed by atoms with Gasteiger partial charge in [0.1, 0.15) is 5.75 Å². The number of carbonyl (C=O) groups is 2. The Labute approximate surface area is 151 Å². The largest absolute Gasteiger partial charge is 0.506 e. The van der Waals surface area contributed by atoms with Crippen molar-refractivity contribution in [2.24, 2.45) is 0 Å². The maximum absolute atomic E-state index is 12.4. The Hall–Kier alpha value is -2.34.